The van der Waals surface area contributed by atoms with E-state index in [1.54, 1.807) is 18.5 Å². The molecule has 1 aliphatic heterocycles. The number of nitrogens with one attached hydrogen (secondary N) is 1. The van der Waals surface area contributed by atoms with Crippen LogP contribution in [0.1, 0.15) is 48.7 Å². The van der Waals surface area contributed by atoms with Crippen molar-refractivity contribution in [1.29, 1.82) is 0 Å². The minimum Gasteiger partial charge on any atom is -0.354 e. The fourth-order valence-electron chi connectivity index (χ4n) is 3.61. The molecule has 0 unspecified atom stereocenters. The van der Waals surface area contributed by atoms with Crippen molar-refractivity contribution >= 4 is 11.9 Å². The van der Waals surface area contributed by atoms with Crippen LogP contribution in [0.2, 0.25) is 0 Å². The Labute approximate surface area is 148 Å². The molecule has 7 nitrogen and oxygen atoms in total. The molecule has 0 saturated carbocycles. The molecule has 0 aliphatic carbocycles. The number of rotatable bonds is 6. The zero-order valence-electron chi connectivity index (χ0n) is 15.2. The van der Waals surface area contributed by atoms with Gasteiger partial charge >= 0.3 is 0 Å². The van der Waals surface area contributed by atoms with E-state index in [0.717, 1.165) is 37.2 Å². The Morgan fingerprint density at radius 1 is 1.32 bits per heavy atom. The van der Waals surface area contributed by atoms with Crippen LogP contribution in [-0.4, -0.2) is 43.6 Å². The van der Waals surface area contributed by atoms with Gasteiger partial charge in [-0.2, -0.15) is 5.10 Å². The van der Waals surface area contributed by atoms with E-state index in [0.29, 0.717) is 18.9 Å². The molecule has 1 atom stereocenters. The van der Waals surface area contributed by atoms with E-state index in [-0.39, 0.29) is 11.9 Å². The van der Waals surface area contributed by atoms with Crippen LogP contribution in [0.15, 0.2) is 18.5 Å². The van der Waals surface area contributed by atoms with Gasteiger partial charge in [0.15, 0.2) is 0 Å². The molecule has 1 fully saturated rings. The van der Waals surface area contributed by atoms with E-state index in [2.05, 4.69) is 27.3 Å². The monoisotopic (exact) mass is 342 g/mol. The first kappa shape index (κ1) is 17.4. The second-order valence-corrected chi connectivity index (χ2v) is 6.56. The Hall–Kier alpha value is -2.44. The number of hydrogen-bond donors (Lipinski definition) is 1. The summed E-state index contributed by atoms with van der Waals surface area (Å²) in [6, 6.07) is 1.96. The summed E-state index contributed by atoms with van der Waals surface area (Å²) in [5.74, 6) is 0.830. The molecule has 2 aromatic heterocycles. The van der Waals surface area contributed by atoms with Gasteiger partial charge in [0.2, 0.25) is 11.9 Å². The fraction of sp³-hybridized carbons (Fsp3) is 0.556. The van der Waals surface area contributed by atoms with Crippen molar-refractivity contribution in [2.75, 3.05) is 18.4 Å². The molecule has 1 aliphatic rings. The van der Waals surface area contributed by atoms with Crippen molar-refractivity contribution in [1.82, 2.24) is 24.6 Å². The van der Waals surface area contributed by atoms with Crippen LogP contribution in [0.25, 0.3) is 0 Å². The highest BCUT2D eigenvalue weighted by molar-refractivity contribution is 5.77. The van der Waals surface area contributed by atoms with Crippen LogP contribution < -0.4 is 5.32 Å². The van der Waals surface area contributed by atoms with Crippen LogP contribution in [0, 0.1) is 13.8 Å². The van der Waals surface area contributed by atoms with Gasteiger partial charge in [0.25, 0.3) is 0 Å². The van der Waals surface area contributed by atoms with E-state index >= 15 is 0 Å². The van der Waals surface area contributed by atoms with Crippen molar-refractivity contribution in [3.63, 3.8) is 0 Å². The molecule has 1 N–H and O–H groups in total. The molecule has 0 spiro atoms. The lowest BCUT2D eigenvalue weighted by atomic mass is 10.0. The van der Waals surface area contributed by atoms with Gasteiger partial charge in [-0.25, -0.2) is 9.97 Å². The molecule has 7 heteroatoms. The molecule has 3 rings (SSSR count). The van der Waals surface area contributed by atoms with E-state index in [1.807, 2.05) is 23.6 Å². The highest BCUT2D eigenvalue weighted by Gasteiger charge is 2.32. The third-order valence-corrected chi connectivity index (χ3v) is 4.89. The van der Waals surface area contributed by atoms with Gasteiger partial charge in [0.1, 0.15) is 0 Å². The topological polar surface area (TPSA) is 75.9 Å². The van der Waals surface area contributed by atoms with E-state index in [9.17, 15) is 4.79 Å². The predicted molar refractivity (Wildman–Crippen MR) is 96.1 cm³/mol. The lowest BCUT2D eigenvalue weighted by molar-refractivity contribution is -0.132. The number of anilines is 1. The molecule has 0 radical (unpaired) electrons. The molecule has 2 aromatic rings. The molecule has 1 saturated heterocycles. The Kier molecular flexibility index (Phi) is 5.31. The Morgan fingerprint density at radius 2 is 2.08 bits per heavy atom. The summed E-state index contributed by atoms with van der Waals surface area (Å²) >= 11 is 0. The first-order valence-corrected chi connectivity index (χ1v) is 8.88. The van der Waals surface area contributed by atoms with Crippen LogP contribution in [0.5, 0.6) is 0 Å². The third-order valence-electron chi connectivity index (χ3n) is 4.89. The van der Waals surface area contributed by atoms with Crippen molar-refractivity contribution in [3.8, 4) is 0 Å². The summed E-state index contributed by atoms with van der Waals surface area (Å²) in [6.07, 6.45) is 6.79. The van der Waals surface area contributed by atoms with Crippen LogP contribution >= 0.6 is 0 Å². The number of aromatic nitrogens is 4. The molecule has 0 aromatic carbocycles. The summed E-state index contributed by atoms with van der Waals surface area (Å²) < 4.78 is 1.91. The van der Waals surface area contributed by atoms with Crippen molar-refractivity contribution in [3.05, 3.63) is 35.4 Å². The van der Waals surface area contributed by atoms with E-state index in [4.69, 9.17) is 0 Å². The molecule has 1 amide bonds. The van der Waals surface area contributed by atoms with E-state index in [1.165, 1.54) is 5.56 Å². The SMILES string of the molecule is Cc1nn(C)c(C)c1[C@H]1CCCN1C(=O)CCCNc1ncccn1. The van der Waals surface area contributed by atoms with Gasteiger partial charge < -0.3 is 10.2 Å². The van der Waals surface area contributed by atoms with Gasteiger partial charge in [-0.1, -0.05) is 0 Å². The van der Waals surface area contributed by atoms with Gasteiger partial charge in [-0.3, -0.25) is 9.48 Å². The maximum atomic E-state index is 12.7. The van der Waals surface area contributed by atoms with Crippen LogP contribution in [0.4, 0.5) is 5.95 Å². The number of carbonyl (C=O) groups is 1. The summed E-state index contributed by atoms with van der Waals surface area (Å²) in [6.45, 7) is 5.65. The number of nitrogens with zero attached hydrogens (tertiary/aromatic N) is 5. The summed E-state index contributed by atoms with van der Waals surface area (Å²) in [7, 11) is 1.96. The third kappa shape index (κ3) is 3.81. The maximum absolute atomic E-state index is 12.7. The minimum absolute atomic E-state index is 0.173. The normalized spacial score (nSPS) is 17.1. The van der Waals surface area contributed by atoms with Gasteiger partial charge in [0.05, 0.1) is 11.7 Å². The molecule has 134 valence electrons. The van der Waals surface area contributed by atoms with Gasteiger partial charge in [0, 0.05) is 50.2 Å². The van der Waals surface area contributed by atoms with Gasteiger partial charge in [-0.05, 0) is 39.2 Å². The number of carbonyl (C=O) groups excluding carboxylic acids is 1. The Morgan fingerprint density at radius 3 is 2.76 bits per heavy atom. The number of likely N-dealkylation sites (tertiary alicyclic amines) is 1. The van der Waals surface area contributed by atoms with Gasteiger partial charge in [-0.15, -0.1) is 0 Å². The summed E-state index contributed by atoms with van der Waals surface area (Å²) in [5.41, 5.74) is 3.42. The second kappa shape index (κ2) is 7.63. The number of aryl methyl sites for hydroxylation is 2. The molecule has 3 heterocycles. The minimum atomic E-state index is 0.173. The Bertz CT molecular complexity index is 727. The predicted octanol–water partition coefficient (Wildman–Crippen LogP) is 2.38. The average molecular weight is 342 g/mol. The smallest absolute Gasteiger partial charge is 0.223 e. The largest absolute Gasteiger partial charge is 0.354 e. The van der Waals surface area contributed by atoms with Crippen molar-refractivity contribution in [2.24, 2.45) is 7.05 Å². The van der Waals surface area contributed by atoms with E-state index < -0.39 is 0 Å². The summed E-state index contributed by atoms with van der Waals surface area (Å²) in [5, 5.41) is 7.66. The highest BCUT2D eigenvalue weighted by atomic mass is 16.2. The number of amides is 1. The molecule has 0 bridgehead atoms. The average Bonchev–Trinajstić information content (AvgIpc) is 3.17. The van der Waals surface area contributed by atoms with Crippen molar-refractivity contribution in [2.45, 2.75) is 45.6 Å². The lowest BCUT2D eigenvalue weighted by Crippen LogP contribution is -2.31. The number of hydrogen-bond acceptors (Lipinski definition) is 5. The quantitative estimate of drug-likeness (QED) is 0.816. The Balaban J connectivity index is 1.56. The van der Waals surface area contributed by atoms with Crippen LogP contribution in [0.3, 0.4) is 0 Å². The van der Waals surface area contributed by atoms with Crippen LogP contribution in [-0.2, 0) is 11.8 Å². The molecule has 25 heavy (non-hydrogen) atoms. The molecular weight excluding hydrogens is 316 g/mol. The first-order chi connectivity index (χ1) is 12.1. The standard InChI is InChI=1S/C18H26N6O/c1-13-17(14(2)23(3)22-13)15-7-5-12-24(15)16(25)8-4-9-19-18-20-10-6-11-21-18/h6,10-11,15H,4-5,7-9,12H2,1-3H3,(H,19,20,21)/t15-/m1/s1. The summed E-state index contributed by atoms with van der Waals surface area (Å²) in [4.78, 5) is 23.0. The zero-order chi connectivity index (χ0) is 17.8. The maximum Gasteiger partial charge on any atom is 0.223 e. The fourth-order valence-corrected chi connectivity index (χ4v) is 3.61. The highest BCUT2D eigenvalue weighted by Crippen LogP contribution is 2.35. The zero-order valence-corrected chi connectivity index (χ0v) is 15.2. The molecular formula is C18H26N6O. The van der Waals surface area contributed by atoms with Crippen molar-refractivity contribution < 1.29 is 4.79 Å². The first-order valence-electron chi connectivity index (χ1n) is 8.88. The second-order valence-electron chi connectivity index (χ2n) is 6.56. The lowest BCUT2D eigenvalue weighted by Gasteiger charge is -2.25.